The Kier molecular flexibility index (Phi) is 9.93. The number of rotatable bonds is 7. The summed E-state index contributed by atoms with van der Waals surface area (Å²) in [5.74, 6) is 0.749. The van der Waals surface area contributed by atoms with E-state index in [1.54, 1.807) is 0 Å². The van der Waals surface area contributed by atoms with E-state index in [1.807, 2.05) is 60.7 Å². The summed E-state index contributed by atoms with van der Waals surface area (Å²) in [5.41, 5.74) is 17.7. The highest BCUT2D eigenvalue weighted by Gasteiger charge is 2.19. The van der Waals surface area contributed by atoms with Crippen molar-refractivity contribution in [1.29, 1.82) is 5.41 Å². The first-order chi connectivity index (χ1) is 36.1. The highest BCUT2D eigenvalue weighted by atomic mass is 15.4. The van der Waals surface area contributed by atoms with Gasteiger partial charge in [0.15, 0.2) is 11.7 Å². The zero-order valence-electron chi connectivity index (χ0n) is 39.7. The molecular formula is C68H45N5. The van der Waals surface area contributed by atoms with Gasteiger partial charge in [0.2, 0.25) is 0 Å². The predicted molar refractivity (Wildman–Crippen MR) is 308 cm³/mol. The molecular weight excluding hydrogens is 887 g/mol. The van der Waals surface area contributed by atoms with E-state index >= 15 is 0 Å². The molecule has 2 heterocycles. The van der Waals surface area contributed by atoms with Crippen LogP contribution in [0.25, 0.3) is 115 Å². The van der Waals surface area contributed by atoms with Gasteiger partial charge in [-0.15, -0.1) is 0 Å². The quantitative estimate of drug-likeness (QED) is 0.0934. The number of aliphatic imine (C=N–C) groups is 1. The smallest absolute Gasteiger partial charge is 0.154 e. The molecule has 0 unspecified atom stereocenters. The Hall–Kier alpha value is -9.84. The number of hydrogen-bond acceptors (Lipinski definition) is 1. The molecule has 0 atom stereocenters. The van der Waals surface area contributed by atoms with Crippen LogP contribution in [0.1, 0.15) is 11.1 Å². The van der Waals surface area contributed by atoms with E-state index in [-0.39, 0.29) is 5.84 Å². The predicted octanol–water partition coefficient (Wildman–Crippen LogP) is 17.4. The summed E-state index contributed by atoms with van der Waals surface area (Å²) in [6.45, 7) is 0. The first-order valence-corrected chi connectivity index (χ1v) is 24.8. The maximum atomic E-state index is 9.14. The van der Waals surface area contributed by atoms with Crippen molar-refractivity contribution >= 4 is 87.6 Å². The fourth-order valence-corrected chi connectivity index (χ4v) is 11.1. The van der Waals surface area contributed by atoms with E-state index in [0.29, 0.717) is 5.84 Å². The van der Waals surface area contributed by atoms with Crippen molar-refractivity contribution < 1.29 is 0 Å². The minimum absolute atomic E-state index is 0.175. The summed E-state index contributed by atoms with van der Waals surface area (Å²) in [7, 11) is 0. The average Bonchev–Trinajstić information content (AvgIpc) is 3.96. The topological polar surface area (TPSA) is 58.1 Å². The first kappa shape index (κ1) is 42.1. The van der Waals surface area contributed by atoms with E-state index in [2.05, 4.69) is 215 Å². The molecule has 0 spiro atoms. The van der Waals surface area contributed by atoms with Gasteiger partial charge in [0.05, 0.1) is 22.1 Å². The minimum Gasteiger partial charge on any atom is -0.309 e. The summed E-state index contributed by atoms with van der Waals surface area (Å²) in [6, 6.07) is 92.9. The third kappa shape index (κ3) is 7.17. The van der Waals surface area contributed by atoms with Gasteiger partial charge in [-0.3, -0.25) is 15.5 Å². The fourth-order valence-electron chi connectivity index (χ4n) is 11.1. The Morgan fingerprint density at radius 3 is 1.16 bits per heavy atom. The van der Waals surface area contributed by atoms with Crippen molar-refractivity contribution in [2.45, 2.75) is 0 Å². The summed E-state index contributed by atoms with van der Waals surface area (Å²) < 4.78 is 4.53. The highest BCUT2D eigenvalue weighted by Crippen LogP contribution is 2.41. The Labute approximate surface area is 421 Å². The van der Waals surface area contributed by atoms with Crippen molar-refractivity contribution in [3.05, 3.63) is 272 Å². The van der Waals surface area contributed by atoms with Crippen LogP contribution in [0.15, 0.2) is 266 Å². The molecule has 0 fully saturated rings. The lowest BCUT2D eigenvalue weighted by Crippen LogP contribution is -2.25. The molecule has 73 heavy (non-hydrogen) atoms. The molecule has 5 nitrogen and oxygen atoms in total. The van der Waals surface area contributed by atoms with Gasteiger partial charge in [0.25, 0.3) is 0 Å². The van der Waals surface area contributed by atoms with Crippen LogP contribution in [0.3, 0.4) is 0 Å². The largest absolute Gasteiger partial charge is 0.309 e. The van der Waals surface area contributed by atoms with Gasteiger partial charge in [-0.05, 0) is 132 Å². The molecule has 2 N–H and O–H groups in total. The Morgan fingerprint density at radius 1 is 0.301 bits per heavy atom. The van der Waals surface area contributed by atoms with E-state index < -0.39 is 0 Å². The number of aromatic nitrogens is 2. The zero-order chi connectivity index (χ0) is 48.4. The zero-order valence-corrected chi connectivity index (χ0v) is 39.7. The lowest BCUT2D eigenvalue weighted by Gasteiger charge is -2.15. The number of fused-ring (bicyclic) bond motifs is 12. The SMILES string of the molecule is N=C(N=C(Nn1c2ccc(-c3ccc4c5ccccc5c5ccccc5c4c3)cc2c2cc(-c3ccc4c(c3)c3cc(-c5ccccc5)ccc3n4-c3ccccc3)ccc21)c1ccccc1)c1ccccc1. The maximum Gasteiger partial charge on any atom is 0.154 e. The van der Waals surface area contributed by atoms with Crippen LogP contribution in [-0.2, 0) is 0 Å². The van der Waals surface area contributed by atoms with Gasteiger partial charge >= 0.3 is 0 Å². The van der Waals surface area contributed by atoms with Crippen LogP contribution in [0.4, 0.5) is 0 Å². The Morgan fingerprint density at radius 2 is 0.658 bits per heavy atom. The molecule has 0 saturated carbocycles. The van der Waals surface area contributed by atoms with Crippen molar-refractivity contribution in [2.24, 2.45) is 4.99 Å². The first-order valence-electron chi connectivity index (χ1n) is 24.8. The van der Waals surface area contributed by atoms with Crippen LogP contribution in [0.2, 0.25) is 0 Å². The lowest BCUT2D eigenvalue weighted by atomic mass is 9.92. The second kappa shape index (κ2) is 17.2. The molecule has 14 rings (SSSR count). The third-order valence-electron chi connectivity index (χ3n) is 14.6. The van der Waals surface area contributed by atoms with E-state index in [9.17, 15) is 0 Å². The maximum absolute atomic E-state index is 9.14. The summed E-state index contributed by atoms with van der Waals surface area (Å²) in [5, 5.41) is 21.3. The van der Waals surface area contributed by atoms with Crippen molar-refractivity contribution in [3.8, 4) is 39.1 Å². The van der Waals surface area contributed by atoms with Crippen LogP contribution >= 0.6 is 0 Å². The van der Waals surface area contributed by atoms with Gasteiger partial charge in [-0.25, -0.2) is 4.99 Å². The van der Waals surface area contributed by atoms with E-state index in [4.69, 9.17) is 10.4 Å². The number of nitrogens with one attached hydrogen (secondary N) is 2. The molecule has 0 radical (unpaired) electrons. The molecule has 0 saturated heterocycles. The molecule has 2 aromatic heterocycles. The second-order valence-electron chi connectivity index (χ2n) is 18.8. The molecule has 342 valence electrons. The molecule has 14 aromatic rings. The number of amidine groups is 2. The minimum atomic E-state index is 0.175. The van der Waals surface area contributed by atoms with Crippen LogP contribution in [0.5, 0.6) is 0 Å². The third-order valence-corrected chi connectivity index (χ3v) is 14.6. The Balaban J connectivity index is 0.971. The fraction of sp³-hybridized carbons (Fsp3) is 0. The number of nitrogens with zero attached hydrogens (tertiary/aromatic N) is 3. The second-order valence-corrected chi connectivity index (χ2v) is 18.8. The van der Waals surface area contributed by atoms with Crippen LogP contribution in [0, 0.1) is 5.41 Å². The normalized spacial score (nSPS) is 12.0. The van der Waals surface area contributed by atoms with Gasteiger partial charge in [0, 0.05) is 38.4 Å². The molecule has 0 bridgehead atoms. The Bertz CT molecular complexity index is 4480. The summed E-state index contributed by atoms with van der Waals surface area (Å²) in [6.07, 6.45) is 0. The highest BCUT2D eigenvalue weighted by molar-refractivity contribution is 6.26. The van der Waals surface area contributed by atoms with Gasteiger partial charge in [-0.2, -0.15) is 0 Å². The van der Waals surface area contributed by atoms with Gasteiger partial charge in [0.1, 0.15) is 0 Å². The number of para-hydroxylation sites is 1. The summed E-state index contributed by atoms with van der Waals surface area (Å²) >= 11 is 0. The number of benzene rings is 12. The standard InChI is InChI=1S/C68H45N5/c69-67(45-19-7-2-8-20-45)70-68(46-21-9-3-10-22-46)71-73-65-37-32-50(48-29-34-57-55-27-14-13-25-53(55)54-26-15-16-28-56(54)58(57)39-48)42-61(65)62-43-51(33-38-66(62)73)49-31-36-64-60(41-49)59-40-47(44-17-5-1-6-18-44)30-35-63(59)72(64)52-23-11-4-12-24-52/h1-43H,(H2,69,70,71). The van der Waals surface area contributed by atoms with Gasteiger partial charge < -0.3 is 4.57 Å². The molecule has 12 aromatic carbocycles. The monoisotopic (exact) mass is 931 g/mol. The molecule has 0 amide bonds. The van der Waals surface area contributed by atoms with Crippen molar-refractivity contribution in [2.75, 3.05) is 5.43 Å². The van der Waals surface area contributed by atoms with E-state index in [1.165, 1.54) is 59.7 Å². The molecule has 0 aliphatic carbocycles. The number of hydrogen-bond donors (Lipinski definition) is 2. The summed E-state index contributed by atoms with van der Waals surface area (Å²) in [4.78, 5) is 4.98. The van der Waals surface area contributed by atoms with E-state index in [0.717, 1.165) is 66.4 Å². The molecule has 5 heteroatoms. The average molecular weight is 932 g/mol. The van der Waals surface area contributed by atoms with Crippen molar-refractivity contribution in [3.63, 3.8) is 0 Å². The van der Waals surface area contributed by atoms with Crippen LogP contribution in [-0.4, -0.2) is 20.9 Å². The van der Waals surface area contributed by atoms with Crippen molar-refractivity contribution in [1.82, 2.24) is 9.24 Å². The van der Waals surface area contributed by atoms with Crippen LogP contribution < -0.4 is 5.43 Å². The van der Waals surface area contributed by atoms with Gasteiger partial charge in [-0.1, -0.05) is 194 Å². The lowest BCUT2D eigenvalue weighted by molar-refractivity contribution is 1.08. The molecule has 0 aliphatic heterocycles. The molecule has 0 aliphatic rings.